The van der Waals surface area contributed by atoms with Gasteiger partial charge in [-0.15, -0.1) is 0 Å². The second kappa shape index (κ2) is 4.05. The molecule has 1 aromatic carbocycles. The summed E-state index contributed by atoms with van der Waals surface area (Å²) in [6, 6.07) is 8.22. The Hall–Kier alpha value is -1.63. The summed E-state index contributed by atoms with van der Waals surface area (Å²) in [5, 5.41) is 0. The third kappa shape index (κ3) is 2.19. The number of benzene rings is 1. The van der Waals surface area contributed by atoms with Crippen molar-refractivity contribution in [3.05, 3.63) is 54.1 Å². The number of aryl methyl sites for hydroxylation is 1. The molecule has 0 saturated heterocycles. The SMILES string of the molecule is Cc1ccc(N=CC2C=CC=C2)cc1. The lowest BCUT2D eigenvalue weighted by atomic mass is 10.2. The van der Waals surface area contributed by atoms with Gasteiger partial charge in [-0.05, 0) is 19.1 Å². The zero-order chi connectivity index (χ0) is 9.80. The van der Waals surface area contributed by atoms with E-state index in [-0.39, 0.29) is 0 Å². The van der Waals surface area contributed by atoms with Crippen molar-refractivity contribution in [1.29, 1.82) is 0 Å². The van der Waals surface area contributed by atoms with Crippen LogP contribution in [0.1, 0.15) is 5.56 Å². The molecule has 1 aliphatic carbocycles. The third-order valence-corrected chi connectivity index (χ3v) is 2.21. The van der Waals surface area contributed by atoms with Crippen molar-refractivity contribution >= 4 is 11.9 Å². The molecule has 0 unspecified atom stereocenters. The van der Waals surface area contributed by atoms with Crippen molar-refractivity contribution < 1.29 is 0 Å². The lowest BCUT2D eigenvalue weighted by molar-refractivity contribution is 1.19. The first-order valence-electron chi connectivity index (χ1n) is 4.80. The summed E-state index contributed by atoms with van der Waals surface area (Å²) < 4.78 is 0. The standard InChI is InChI=1S/C13H13N/c1-11-6-8-13(9-7-11)14-10-12-4-2-3-5-12/h2-10,12H,1H3. The summed E-state index contributed by atoms with van der Waals surface area (Å²) in [5.41, 5.74) is 2.29. The molecule has 0 amide bonds. The first kappa shape index (κ1) is 8.95. The lowest BCUT2D eigenvalue weighted by Crippen LogP contribution is -1.88. The first-order chi connectivity index (χ1) is 6.84. The van der Waals surface area contributed by atoms with Crippen molar-refractivity contribution in [1.82, 2.24) is 0 Å². The van der Waals surface area contributed by atoms with Gasteiger partial charge in [0.25, 0.3) is 0 Å². The molecule has 0 atom stereocenters. The molecule has 0 heterocycles. The van der Waals surface area contributed by atoms with Gasteiger partial charge in [0.1, 0.15) is 0 Å². The highest BCUT2D eigenvalue weighted by Crippen LogP contribution is 2.14. The Kier molecular flexibility index (Phi) is 2.59. The van der Waals surface area contributed by atoms with Crippen LogP contribution >= 0.6 is 0 Å². The van der Waals surface area contributed by atoms with Crippen LogP contribution in [-0.2, 0) is 0 Å². The Morgan fingerprint density at radius 1 is 1.07 bits per heavy atom. The van der Waals surface area contributed by atoms with Gasteiger partial charge in [0.05, 0.1) is 5.69 Å². The highest BCUT2D eigenvalue weighted by atomic mass is 14.7. The van der Waals surface area contributed by atoms with E-state index in [2.05, 4.69) is 36.2 Å². The Balaban J connectivity index is 2.06. The van der Waals surface area contributed by atoms with Crippen LogP contribution in [0, 0.1) is 12.8 Å². The van der Waals surface area contributed by atoms with Crippen LogP contribution in [-0.4, -0.2) is 6.21 Å². The van der Waals surface area contributed by atoms with Crippen LogP contribution in [0.15, 0.2) is 53.6 Å². The summed E-state index contributed by atoms with van der Waals surface area (Å²) in [6.07, 6.45) is 10.3. The smallest absolute Gasteiger partial charge is 0.0626 e. The van der Waals surface area contributed by atoms with Crippen LogP contribution in [0.25, 0.3) is 0 Å². The van der Waals surface area contributed by atoms with Gasteiger partial charge in [-0.25, -0.2) is 0 Å². The molecule has 0 N–H and O–H groups in total. The van der Waals surface area contributed by atoms with Gasteiger partial charge in [-0.3, -0.25) is 4.99 Å². The van der Waals surface area contributed by atoms with E-state index in [0.717, 1.165) is 5.69 Å². The van der Waals surface area contributed by atoms with Gasteiger partial charge in [0.2, 0.25) is 0 Å². The summed E-state index contributed by atoms with van der Waals surface area (Å²) in [7, 11) is 0. The van der Waals surface area contributed by atoms with Crippen molar-refractivity contribution in [3.8, 4) is 0 Å². The van der Waals surface area contributed by atoms with Gasteiger partial charge < -0.3 is 0 Å². The molecule has 0 saturated carbocycles. The predicted molar refractivity (Wildman–Crippen MR) is 61.1 cm³/mol. The van der Waals surface area contributed by atoms with Crippen LogP contribution in [0.5, 0.6) is 0 Å². The highest BCUT2D eigenvalue weighted by Gasteiger charge is 1.97. The molecule has 70 valence electrons. The Bertz CT molecular complexity index is 370. The maximum absolute atomic E-state index is 4.40. The fraction of sp³-hybridized carbons (Fsp3) is 0.154. The Morgan fingerprint density at radius 2 is 1.71 bits per heavy atom. The molecule has 14 heavy (non-hydrogen) atoms. The molecule has 0 aliphatic heterocycles. The van der Waals surface area contributed by atoms with E-state index in [4.69, 9.17) is 0 Å². The molecule has 0 radical (unpaired) electrons. The molecule has 1 aromatic rings. The van der Waals surface area contributed by atoms with E-state index >= 15 is 0 Å². The minimum atomic E-state index is 0.372. The minimum Gasteiger partial charge on any atom is -0.260 e. The average Bonchev–Trinajstić information content (AvgIpc) is 2.70. The second-order valence-electron chi connectivity index (χ2n) is 3.46. The van der Waals surface area contributed by atoms with Gasteiger partial charge in [0.15, 0.2) is 0 Å². The van der Waals surface area contributed by atoms with Crippen LogP contribution < -0.4 is 0 Å². The molecule has 1 aliphatic rings. The summed E-state index contributed by atoms with van der Waals surface area (Å²) in [4.78, 5) is 4.40. The van der Waals surface area contributed by atoms with Crippen molar-refractivity contribution in [2.75, 3.05) is 0 Å². The maximum atomic E-state index is 4.40. The molecular weight excluding hydrogens is 170 g/mol. The lowest BCUT2D eigenvalue weighted by Gasteiger charge is -1.96. The summed E-state index contributed by atoms with van der Waals surface area (Å²) >= 11 is 0. The first-order valence-corrected chi connectivity index (χ1v) is 4.80. The largest absolute Gasteiger partial charge is 0.260 e. The van der Waals surface area contributed by atoms with E-state index in [1.54, 1.807) is 0 Å². The summed E-state index contributed by atoms with van der Waals surface area (Å²) in [5.74, 6) is 0.372. The van der Waals surface area contributed by atoms with E-state index < -0.39 is 0 Å². The number of rotatable bonds is 2. The van der Waals surface area contributed by atoms with Gasteiger partial charge >= 0.3 is 0 Å². The van der Waals surface area contributed by atoms with E-state index in [1.165, 1.54) is 5.56 Å². The Morgan fingerprint density at radius 3 is 2.36 bits per heavy atom. The number of aliphatic imine (C=N–C) groups is 1. The van der Waals surface area contributed by atoms with Crippen molar-refractivity contribution in [2.24, 2.45) is 10.9 Å². The molecule has 1 heteroatoms. The number of hydrogen-bond acceptors (Lipinski definition) is 1. The zero-order valence-electron chi connectivity index (χ0n) is 8.22. The molecule has 2 rings (SSSR count). The quantitative estimate of drug-likeness (QED) is 0.623. The number of hydrogen-bond donors (Lipinski definition) is 0. The van der Waals surface area contributed by atoms with E-state index in [0.29, 0.717) is 5.92 Å². The van der Waals surface area contributed by atoms with Gasteiger partial charge in [-0.2, -0.15) is 0 Å². The van der Waals surface area contributed by atoms with Gasteiger partial charge in [0, 0.05) is 12.1 Å². The number of nitrogens with zero attached hydrogens (tertiary/aromatic N) is 1. The van der Waals surface area contributed by atoms with Crippen molar-refractivity contribution in [2.45, 2.75) is 6.92 Å². The average molecular weight is 183 g/mol. The molecule has 0 spiro atoms. The molecule has 0 fully saturated rings. The van der Waals surface area contributed by atoms with E-state index in [1.807, 2.05) is 30.5 Å². The normalized spacial score (nSPS) is 15.8. The highest BCUT2D eigenvalue weighted by molar-refractivity contribution is 5.71. The topological polar surface area (TPSA) is 12.4 Å². The fourth-order valence-corrected chi connectivity index (χ4v) is 1.35. The molecule has 0 bridgehead atoms. The second-order valence-corrected chi connectivity index (χ2v) is 3.46. The van der Waals surface area contributed by atoms with Crippen LogP contribution in [0.2, 0.25) is 0 Å². The third-order valence-electron chi connectivity index (χ3n) is 2.21. The molecule has 1 nitrogen and oxygen atoms in total. The monoisotopic (exact) mass is 183 g/mol. The molecule has 0 aromatic heterocycles. The zero-order valence-corrected chi connectivity index (χ0v) is 8.22. The fourth-order valence-electron chi connectivity index (χ4n) is 1.35. The van der Waals surface area contributed by atoms with E-state index in [9.17, 15) is 0 Å². The van der Waals surface area contributed by atoms with Crippen LogP contribution in [0.4, 0.5) is 5.69 Å². The maximum Gasteiger partial charge on any atom is 0.0626 e. The molecular formula is C13H13N. The predicted octanol–water partition coefficient (Wildman–Crippen LogP) is 3.44. The van der Waals surface area contributed by atoms with Crippen LogP contribution in [0.3, 0.4) is 0 Å². The summed E-state index contributed by atoms with van der Waals surface area (Å²) in [6.45, 7) is 2.08. The Labute approximate surface area is 84.5 Å². The van der Waals surface area contributed by atoms with Crippen molar-refractivity contribution in [3.63, 3.8) is 0 Å². The van der Waals surface area contributed by atoms with Gasteiger partial charge in [-0.1, -0.05) is 42.0 Å². The minimum absolute atomic E-state index is 0.372. The number of allylic oxidation sites excluding steroid dienone is 4.